The molecule has 0 aromatic carbocycles. The van der Waals surface area contributed by atoms with Crippen LogP contribution in [0.4, 0.5) is 0 Å². The molecule has 12 heavy (non-hydrogen) atoms. The molecule has 0 unspecified atom stereocenters. The van der Waals surface area contributed by atoms with Crippen molar-refractivity contribution in [3.05, 3.63) is 0 Å². The van der Waals surface area contributed by atoms with Gasteiger partial charge in [0.2, 0.25) is 10.0 Å². The molecule has 0 aromatic heterocycles. The summed E-state index contributed by atoms with van der Waals surface area (Å²) in [6, 6.07) is 0.0114. The highest BCUT2D eigenvalue weighted by molar-refractivity contribution is 7.89. The smallest absolute Gasteiger partial charge is 0.212 e. The minimum atomic E-state index is -3.03. The Morgan fingerprint density at radius 3 is 2.25 bits per heavy atom. The highest BCUT2D eigenvalue weighted by Gasteiger charge is 2.41. The van der Waals surface area contributed by atoms with E-state index in [1.807, 2.05) is 20.8 Å². The Hall–Kier alpha value is -0.0900. The number of sulfonamides is 1. The van der Waals surface area contributed by atoms with Crippen molar-refractivity contribution in [1.29, 1.82) is 0 Å². The Kier molecular flexibility index (Phi) is 2.50. The van der Waals surface area contributed by atoms with Crippen LogP contribution in [0.5, 0.6) is 0 Å². The van der Waals surface area contributed by atoms with Crippen molar-refractivity contribution >= 4 is 10.0 Å². The van der Waals surface area contributed by atoms with E-state index in [-0.39, 0.29) is 17.2 Å². The van der Waals surface area contributed by atoms with Gasteiger partial charge < -0.3 is 0 Å². The van der Waals surface area contributed by atoms with Crippen LogP contribution in [-0.2, 0) is 10.0 Å². The van der Waals surface area contributed by atoms with Crippen LogP contribution in [0.3, 0.4) is 0 Å². The fourth-order valence-electron chi connectivity index (χ4n) is 1.22. The molecule has 0 radical (unpaired) electrons. The summed E-state index contributed by atoms with van der Waals surface area (Å²) < 4.78 is 25.4. The van der Waals surface area contributed by atoms with E-state index in [1.165, 1.54) is 0 Å². The maximum absolute atomic E-state index is 11.4. The topological polar surface area (TPSA) is 46.2 Å². The fraction of sp³-hybridized carbons (Fsp3) is 1.00. The quantitative estimate of drug-likeness (QED) is 0.723. The van der Waals surface area contributed by atoms with Gasteiger partial charge in [0.15, 0.2) is 0 Å². The van der Waals surface area contributed by atoms with Gasteiger partial charge >= 0.3 is 0 Å². The van der Waals surface area contributed by atoms with Crippen molar-refractivity contribution in [2.75, 3.05) is 5.75 Å². The summed E-state index contributed by atoms with van der Waals surface area (Å²) in [6.07, 6.45) is 2.10. The Labute approximate surface area is 74.6 Å². The number of hydrogen-bond acceptors (Lipinski definition) is 2. The molecule has 0 aromatic rings. The molecule has 1 N–H and O–H groups in total. The third-order valence-corrected chi connectivity index (χ3v) is 3.96. The first-order valence-electron chi connectivity index (χ1n) is 4.33. The summed E-state index contributed by atoms with van der Waals surface area (Å²) in [5.74, 6) is 0.290. The molecule has 0 heterocycles. The highest BCUT2D eigenvalue weighted by Crippen LogP contribution is 2.45. The predicted octanol–water partition coefficient (Wildman–Crippen LogP) is 1.11. The lowest BCUT2D eigenvalue weighted by molar-refractivity contribution is 0.545. The molecule has 1 aliphatic rings. The van der Waals surface area contributed by atoms with Gasteiger partial charge in [0.25, 0.3) is 0 Å². The van der Waals surface area contributed by atoms with E-state index in [4.69, 9.17) is 0 Å². The second kappa shape index (κ2) is 3.00. The van der Waals surface area contributed by atoms with Crippen molar-refractivity contribution < 1.29 is 8.42 Å². The highest BCUT2D eigenvalue weighted by atomic mass is 32.2. The molecule has 0 atom stereocenters. The average Bonchev–Trinajstić information content (AvgIpc) is 2.40. The van der Waals surface area contributed by atoms with Gasteiger partial charge in [-0.25, -0.2) is 13.1 Å². The number of nitrogens with one attached hydrogen (secondary N) is 1. The molecule has 4 heteroatoms. The van der Waals surface area contributed by atoms with Crippen LogP contribution in [0.1, 0.15) is 33.6 Å². The van der Waals surface area contributed by atoms with E-state index in [2.05, 4.69) is 4.72 Å². The summed E-state index contributed by atoms with van der Waals surface area (Å²) in [4.78, 5) is 0. The van der Waals surface area contributed by atoms with Gasteiger partial charge in [-0.3, -0.25) is 0 Å². The molecule has 0 aliphatic heterocycles. The van der Waals surface area contributed by atoms with Gasteiger partial charge in [0.05, 0.1) is 5.75 Å². The zero-order chi connectivity index (χ0) is 9.41. The molecular weight excluding hydrogens is 174 g/mol. The zero-order valence-electron chi connectivity index (χ0n) is 7.92. The van der Waals surface area contributed by atoms with Gasteiger partial charge in [-0.15, -0.1) is 0 Å². The molecule has 0 spiro atoms. The largest absolute Gasteiger partial charge is 0.213 e. The number of hydrogen-bond donors (Lipinski definition) is 1. The maximum atomic E-state index is 11.4. The molecule has 1 fully saturated rings. The van der Waals surface area contributed by atoms with Crippen LogP contribution in [0.25, 0.3) is 0 Å². The van der Waals surface area contributed by atoms with Gasteiger partial charge in [0, 0.05) is 6.04 Å². The van der Waals surface area contributed by atoms with E-state index < -0.39 is 10.0 Å². The molecule has 0 saturated heterocycles. The molecule has 3 nitrogen and oxygen atoms in total. The minimum Gasteiger partial charge on any atom is -0.213 e. The van der Waals surface area contributed by atoms with Crippen LogP contribution in [-0.4, -0.2) is 20.2 Å². The SMILES string of the molecule is CC(C)NS(=O)(=O)CC1(C)CC1. The van der Waals surface area contributed by atoms with Gasteiger partial charge in [-0.1, -0.05) is 6.92 Å². The molecule has 0 amide bonds. The van der Waals surface area contributed by atoms with E-state index in [9.17, 15) is 8.42 Å². The molecular formula is C8H17NO2S. The Morgan fingerprint density at radius 2 is 1.92 bits per heavy atom. The first-order valence-corrected chi connectivity index (χ1v) is 5.98. The van der Waals surface area contributed by atoms with Crippen molar-refractivity contribution in [1.82, 2.24) is 4.72 Å². The normalized spacial score (nSPS) is 21.3. The van der Waals surface area contributed by atoms with E-state index in [0.29, 0.717) is 0 Å². The predicted molar refractivity (Wildman–Crippen MR) is 49.4 cm³/mol. The minimum absolute atomic E-state index is 0.0114. The van der Waals surface area contributed by atoms with Gasteiger partial charge in [-0.2, -0.15) is 0 Å². The summed E-state index contributed by atoms with van der Waals surface area (Å²) in [6.45, 7) is 5.70. The van der Waals surface area contributed by atoms with Crippen LogP contribution < -0.4 is 4.72 Å². The van der Waals surface area contributed by atoms with Crippen LogP contribution in [0, 0.1) is 5.41 Å². The zero-order valence-corrected chi connectivity index (χ0v) is 8.74. The molecule has 0 bridgehead atoms. The van der Waals surface area contributed by atoms with E-state index in [1.54, 1.807) is 0 Å². The summed E-state index contributed by atoms with van der Waals surface area (Å²) in [5.41, 5.74) is 0.0702. The Morgan fingerprint density at radius 1 is 1.42 bits per heavy atom. The third kappa shape index (κ3) is 3.11. The summed E-state index contributed by atoms with van der Waals surface area (Å²) in [7, 11) is -3.03. The summed E-state index contributed by atoms with van der Waals surface area (Å²) >= 11 is 0. The molecule has 72 valence electrons. The summed E-state index contributed by atoms with van der Waals surface area (Å²) in [5, 5.41) is 0. The first-order chi connectivity index (χ1) is 5.33. The lowest BCUT2D eigenvalue weighted by Crippen LogP contribution is -2.34. The lowest BCUT2D eigenvalue weighted by atomic mass is 10.2. The van der Waals surface area contributed by atoms with Gasteiger partial charge in [-0.05, 0) is 32.1 Å². The van der Waals surface area contributed by atoms with E-state index >= 15 is 0 Å². The standard InChI is InChI=1S/C8H17NO2S/c1-7(2)9-12(10,11)6-8(3)4-5-8/h7,9H,4-6H2,1-3H3. The third-order valence-electron chi connectivity index (χ3n) is 2.06. The van der Waals surface area contributed by atoms with Crippen LogP contribution in [0.2, 0.25) is 0 Å². The fourth-order valence-corrected chi connectivity index (χ4v) is 3.22. The van der Waals surface area contributed by atoms with Gasteiger partial charge in [0.1, 0.15) is 0 Å². The van der Waals surface area contributed by atoms with Crippen molar-refractivity contribution in [3.8, 4) is 0 Å². The van der Waals surface area contributed by atoms with Crippen molar-refractivity contribution in [2.24, 2.45) is 5.41 Å². The number of rotatable bonds is 4. The van der Waals surface area contributed by atoms with Crippen LogP contribution in [0.15, 0.2) is 0 Å². The monoisotopic (exact) mass is 191 g/mol. The second-order valence-corrected chi connectivity index (χ2v) is 6.10. The average molecular weight is 191 g/mol. The van der Waals surface area contributed by atoms with E-state index in [0.717, 1.165) is 12.8 Å². The van der Waals surface area contributed by atoms with Crippen LogP contribution >= 0.6 is 0 Å². The molecule has 1 saturated carbocycles. The first kappa shape index (κ1) is 9.99. The maximum Gasteiger partial charge on any atom is 0.212 e. The molecule has 1 rings (SSSR count). The second-order valence-electron chi connectivity index (χ2n) is 4.34. The Bertz CT molecular complexity index is 252. The van der Waals surface area contributed by atoms with Crippen molar-refractivity contribution in [3.63, 3.8) is 0 Å². The molecule has 1 aliphatic carbocycles. The lowest BCUT2D eigenvalue weighted by Gasteiger charge is -2.12. The Balaban J connectivity index is 2.49. The van der Waals surface area contributed by atoms with Crippen molar-refractivity contribution in [2.45, 2.75) is 39.7 Å².